The Morgan fingerprint density at radius 1 is 1.24 bits per heavy atom. The van der Waals surface area contributed by atoms with Gasteiger partial charge in [-0.25, -0.2) is 0 Å². The van der Waals surface area contributed by atoms with Crippen LogP contribution in [-0.2, 0) is 9.59 Å². The van der Waals surface area contributed by atoms with E-state index in [-0.39, 0.29) is 24.1 Å². The smallest absolute Gasteiger partial charge is 0.268 e. The number of hydrogen-bond donors (Lipinski definition) is 2. The summed E-state index contributed by atoms with van der Waals surface area (Å²) >= 11 is 0. The molecule has 2 amide bonds. The van der Waals surface area contributed by atoms with Crippen molar-refractivity contribution in [1.82, 2.24) is 10.6 Å². The molecule has 5 heteroatoms. The lowest BCUT2D eigenvalue weighted by Crippen LogP contribution is -2.46. The predicted molar refractivity (Wildman–Crippen MR) is 62.1 cm³/mol. The van der Waals surface area contributed by atoms with Crippen molar-refractivity contribution in [1.29, 1.82) is 0 Å². The summed E-state index contributed by atoms with van der Waals surface area (Å²) in [5.74, 6) is 0.245. The van der Waals surface area contributed by atoms with Crippen molar-refractivity contribution < 1.29 is 14.3 Å². The van der Waals surface area contributed by atoms with E-state index in [1.807, 2.05) is 0 Å². The molecule has 17 heavy (non-hydrogen) atoms. The molecule has 5 nitrogen and oxygen atoms in total. The first kappa shape index (κ1) is 11.2. The van der Waals surface area contributed by atoms with Gasteiger partial charge in [0.05, 0.1) is 13.7 Å². The van der Waals surface area contributed by atoms with Crippen LogP contribution < -0.4 is 15.4 Å². The van der Waals surface area contributed by atoms with Crippen molar-refractivity contribution in [3.63, 3.8) is 0 Å². The van der Waals surface area contributed by atoms with Gasteiger partial charge < -0.3 is 15.4 Å². The van der Waals surface area contributed by atoms with Crippen LogP contribution in [0.25, 0.3) is 6.08 Å². The Labute approximate surface area is 98.5 Å². The van der Waals surface area contributed by atoms with Crippen LogP contribution in [0.1, 0.15) is 5.56 Å². The number of rotatable bonds is 2. The minimum absolute atomic E-state index is 0.0266. The number of carbonyl (C=O) groups excluding carboxylic acids is 2. The second-order valence-corrected chi connectivity index (χ2v) is 3.56. The molecule has 0 aliphatic carbocycles. The fraction of sp³-hybridized carbons (Fsp3) is 0.167. The Hall–Kier alpha value is -2.30. The molecule has 0 radical (unpaired) electrons. The first-order valence-corrected chi connectivity index (χ1v) is 5.13. The maximum atomic E-state index is 11.4. The summed E-state index contributed by atoms with van der Waals surface area (Å²) < 4.78 is 5.03. The summed E-state index contributed by atoms with van der Waals surface area (Å²) in [4.78, 5) is 22.6. The largest absolute Gasteiger partial charge is 0.497 e. The Morgan fingerprint density at radius 3 is 2.59 bits per heavy atom. The molecule has 0 atom stereocenters. The molecule has 1 aromatic rings. The Bertz CT molecular complexity index is 477. The molecular formula is C12H12N2O3. The zero-order valence-corrected chi connectivity index (χ0v) is 9.32. The van der Waals surface area contributed by atoms with Crippen molar-refractivity contribution >= 4 is 17.9 Å². The molecule has 0 saturated carbocycles. The molecule has 1 aliphatic rings. The molecular weight excluding hydrogens is 220 g/mol. The minimum atomic E-state index is -0.277. The molecule has 2 N–H and O–H groups in total. The van der Waals surface area contributed by atoms with Gasteiger partial charge in [0.2, 0.25) is 5.91 Å². The molecule has 0 spiro atoms. The zero-order chi connectivity index (χ0) is 12.3. The highest BCUT2D eigenvalue weighted by Gasteiger charge is 2.18. The maximum absolute atomic E-state index is 11.4. The highest BCUT2D eigenvalue weighted by atomic mass is 16.5. The fourth-order valence-electron chi connectivity index (χ4n) is 1.48. The van der Waals surface area contributed by atoms with Gasteiger partial charge in [0, 0.05) is 0 Å². The Balaban J connectivity index is 2.21. The van der Waals surface area contributed by atoms with Gasteiger partial charge in [-0.1, -0.05) is 12.1 Å². The fourth-order valence-corrected chi connectivity index (χ4v) is 1.48. The number of ether oxygens (including phenoxy) is 1. The van der Waals surface area contributed by atoms with Gasteiger partial charge in [-0.2, -0.15) is 0 Å². The Kier molecular flexibility index (Phi) is 3.09. The predicted octanol–water partition coefficient (Wildman–Crippen LogP) is 0.282. The average Bonchev–Trinajstić information content (AvgIpc) is 2.35. The van der Waals surface area contributed by atoms with Gasteiger partial charge in [-0.05, 0) is 23.8 Å². The molecule has 2 rings (SSSR count). The van der Waals surface area contributed by atoms with Gasteiger partial charge in [0.1, 0.15) is 11.4 Å². The van der Waals surface area contributed by atoms with Crippen LogP contribution >= 0.6 is 0 Å². The second kappa shape index (κ2) is 4.69. The normalized spacial score (nSPS) is 17.6. The SMILES string of the molecule is COc1ccc(/C=C2/NC(=O)CNC2=O)cc1. The number of piperazine rings is 1. The maximum Gasteiger partial charge on any atom is 0.268 e. The molecule has 1 saturated heterocycles. The topological polar surface area (TPSA) is 67.4 Å². The number of methoxy groups -OCH3 is 1. The van der Waals surface area contributed by atoms with Crippen LogP contribution in [0, 0.1) is 0 Å². The van der Waals surface area contributed by atoms with Gasteiger partial charge >= 0.3 is 0 Å². The van der Waals surface area contributed by atoms with Gasteiger partial charge in [0.15, 0.2) is 0 Å². The summed E-state index contributed by atoms with van der Waals surface area (Å²) in [5, 5.41) is 5.00. The van der Waals surface area contributed by atoms with E-state index in [0.717, 1.165) is 11.3 Å². The van der Waals surface area contributed by atoms with E-state index in [4.69, 9.17) is 4.74 Å². The lowest BCUT2D eigenvalue weighted by molar-refractivity contribution is -0.127. The molecule has 1 aliphatic heterocycles. The lowest BCUT2D eigenvalue weighted by atomic mass is 10.1. The van der Waals surface area contributed by atoms with E-state index in [0.29, 0.717) is 0 Å². The number of hydrogen-bond acceptors (Lipinski definition) is 3. The molecule has 1 heterocycles. The first-order chi connectivity index (χ1) is 8.19. The highest BCUT2D eigenvalue weighted by Crippen LogP contribution is 2.13. The molecule has 0 aromatic heterocycles. The lowest BCUT2D eigenvalue weighted by Gasteiger charge is -2.15. The van der Waals surface area contributed by atoms with E-state index in [1.54, 1.807) is 37.5 Å². The van der Waals surface area contributed by atoms with Crippen molar-refractivity contribution in [2.45, 2.75) is 0 Å². The van der Waals surface area contributed by atoms with E-state index in [2.05, 4.69) is 10.6 Å². The Morgan fingerprint density at radius 2 is 1.94 bits per heavy atom. The van der Waals surface area contributed by atoms with E-state index in [1.165, 1.54) is 0 Å². The number of carbonyl (C=O) groups is 2. The van der Waals surface area contributed by atoms with Crippen LogP contribution in [0.2, 0.25) is 0 Å². The van der Waals surface area contributed by atoms with Crippen molar-refractivity contribution in [2.24, 2.45) is 0 Å². The van der Waals surface area contributed by atoms with E-state index in [9.17, 15) is 9.59 Å². The third kappa shape index (κ3) is 2.63. The van der Waals surface area contributed by atoms with Crippen LogP contribution in [0.15, 0.2) is 30.0 Å². The molecule has 0 bridgehead atoms. The third-order valence-electron chi connectivity index (χ3n) is 2.36. The summed E-state index contributed by atoms with van der Waals surface area (Å²) in [6.45, 7) is 0.0266. The van der Waals surface area contributed by atoms with Gasteiger partial charge in [-0.3, -0.25) is 9.59 Å². The molecule has 88 valence electrons. The molecule has 1 aromatic carbocycles. The average molecular weight is 232 g/mol. The van der Waals surface area contributed by atoms with E-state index >= 15 is 0 Å². The minimum Gasteiger partial charge on any atom is -0.497 e. The van der Waals surface area contributed by atoms with Crippen molar-refractivity contribution in [3.05, 3.63) is 35.5 Å². The quantitative estimate of drug-likeness (QED) is 0.720. The van der Waals surface area contributed by atoms with Crippen LogP contribution in [0.4, 0.5) is 0 Å². The molecule has 0 unspecified atom stereocenters. The molecule has 1 fully saturated rings. The van der Waals surface area contributed by atoms with Crippen LogP contribution in [0.3, 0.4) is 0 Å². The van der Waals surface area contributed by atoms with Gasteiger partial charge in [-0.15, -0.1) is 0 Å². The van der Waals surface area contributed by atoms with Crippen LogP contribution in [0.5, 0.6) is 5.75 Å². The summed E-state index contributed by atoms with van der Waals surface area (Å²) in [6.07, 6.45) is 1.62. The summed E-state index contributed by atoms with van der Waals surface area (Å²) in [6, 6.07) is 7.18. The highest BCUT2D eigenvalue weighted by molar-refractivity contribution is 6.05. The summed E-state index contributed by atoms with van der Waals surface area (Å²) in [7, 11) is 1.59. The number of benzene rings is 1. The third-order valence-corrected chi connectivity index (χ3v) is 2.36. The first-order valence-electron chi connectivity index (χ1n) is 5.13. The van der Waals surface area contributed by atoms with Crippen molar-refractivity contribution in [3.8, 4) is 5.75 Å². The zero-order valence-electron chi connectivity index (χ0n) is 9.32. The van der Waals surface area contributed by atoms with Crippen molar-refractivity contribution in [2.75, 3.05) is 13.7 Å². The summed E-state index contributed by atoms with van der Waals surface area (Å²) in [5.41, 5.74) is 1.07. The standard InChI is InChI=1S/C12H12N2O3/c1-17-9-4-2-8(3-5-9)6-10-12(16)13-7-11(15)14-10/h2-6H,7H2,1H3,(H,13,16)(H,14,15)/b10-6+. The monoisotopic (exact) mass is 232 g/mol. The van der Waals surface area contributed by atoms with Gasteiger partial charge in [0.25, 0.3) is 5.91 Å². The number of nitrogens with one attached hydrogen (secondary N) is 2. The van der Waals surface area contributed by atoms with Crippen LogP contribution in [-0.4, -0.2) is 25.5 Å². The second-order valence-electron chi connectivity index (χ2n) is 3.56. The number of amides is 2. The van der Waals surface area contributed by atoms with E-state index < -0.39 is 0 Å².